The highest BCUT2D eigenvalue weighted by Gasteiger charge is 2.24. The number of nitrogens with one attached hydrogen (secondary N) is 1. The zero-order valence-electron chi connectivity index (χ0n) is 13.4. The van der Waals surface area contributed by atoms with Gasteiger partial charge in [0.1, 0.15) is 5.75 Å². The molecule has 6 heteroatoms. The van der Waals surface area contributed by atoms with Crippen LogP contribution >= 0.6 is 0 Å². The fourth-order valence-electron chi connectivity index (χ4n) is 2.97. The summed E-state index contributed by atoms with van der Waals surface area (Å²) in [6.07, 6.45) is 1.58. The van der Waals surface area contributed by atoms with Gasteiger partial charge >= 0.3 is 5.97 Å². The van der Waals surface area contributed by atoms with Crippen molar-refractivity contribution in [1.29, 1.82) is 0 Å². The molecule has 1 aliphatic rings. The number of fused-ring (bicyclic) bond motifs is 1. The second-order valence-electron chi connectivity index (χ2n) is 5.96. The van der Waals surface area contributed by atoms with E-state index in [-0.39, 0.29) is 16.8 Å². The standard InChI is InChI=1S/C18H19NO4S/c1-13(20)23-17-8-7-15-9-14(10-16(15)11-17)12-19-24(21,22)18-5-3-2-4-6-18/h2-8,11,14,19H,9-10,12H2,1H3. The van der Waals surface area contributed by atoms with Crippen LogP contribution in [0.15, 0.2) is 53.4 Å². The van der Waals surface area contributed by atoms with Crippen molar-refractivity contribution in [1.82, 2.24) is 4.72 Å². The number of rotatable bonds is 5. The van der Waals surface area contributed by atoms with E-state index in [1.165, 1.54) is 12.5 Å². The molecule has 0 bridgehead atoms. The van der Waals surface area contributed by atoms with E-state index in [1.54, 1.807) is 36.4 Å². The summed E-state index contributed by atoms with van der Waals surface area (Å²) in [6.45, 7) is 1.75. The fourth-order valence-corrected chi connectivity index (χ4v) is 4.11. The molecule has 3 rings (SSSR count). The lowest BCUT2D eigenvalue weighted by Crippen LogP contribution is -2.29. The molecule has 24 heavy (non-hydrogen) atoms. The molecule has 1 aliphatic carbocycles. The summed E-state index contributed by atoms with van der Waals surface area (Å²) in [7, 11) is -3.48. The molecule has 0 amide bonds. The number of carbonyl (C=O) groups is 1. The van der Waals surface area contributed by atoms with E-state index < -0.39 is 10.0 Å². The van der Waals surface area contributed by atoms with Crippen molar-refractivity contribution in [2.75, 3.05) is 6.54 Å². The Labute approximate surface area is 141 Å². The van der Waals surface area contributed by atoms with Gasteiger partial charge in [0.25, 0.3) is 0 Å². The van der Waals surface area contributed by atoms with Crippen LogP contribution in [0.4, 0.5) is 0 Å². The van der Waals surface area contributed by atoms with Crippen LogP contribution in [0, 0.1) is 5.92 Å². The molecule has 1 N–H and O–H groups in total. The van der Waals surface area contributed by atoms with Crippen molar-refractivity contribution in [3.63, 3.8) is 0 Å². The van der Waals surface area contributed by atoms with E-state index >= 15 is 0 Å². The molecule has 0 saturated carbocycles. The molecule has 1 unspecified atom stereocenters. The Hall–Kier alpha value is -2.18. The van der Waals surface area contributed by atoms with Gasteiger partial charge in [-0.2, -0.15) is 0 Å². The minimum Gasteiger partial charge on any atom is -0.427 e. The summed E-state index contributed by atoms with van der Waals surface area (Å²) in [5.74, 6) is 0.387. The molecular weight excluding hydrogens is 326 g/mol. The molecule has 0 radical (unpaired) electrons. The summed E-state index contributed by atoms with van der Waals surface area (Å²) in [6, 6.07) is 13.9. The van der Waals surface area contributed by atoms with Gasteiger partial charge in [0, 0.05) is 13.5 Å². The van der Waals surface area contributed by atoms with Crippen molar-refractivity contribution in [2.24, 2.45) is 5.92 Å². The third kappa shape index (κ3) is 3.83. The zero-order chi connectivity index (χ0) is 17.2. The highest BCUT2D eigenvalue weighted by molar-refractivity contribution is 7.89. The summed E-state index contributed by atoms with van der Waals surface area (Å²) in [4.78, 5) is 11.3. The van der Waals surface area contributed by atoms with Crippen LogP contribution in [0.1, 0.15) is 18.1 Å². The third-order valence-corrected chi connectivity index (χ3v) is 5.51. The number of carbonyl (C=O) groups excluding carboxylic acids is 1. The predicted molar refractivity (Wildman–Crippen MR) is 90.3 cm³/mol. The van der Waals surface area contributed by atoms with Crippen LogP contribution in [-0.4, -0.2) is 20.9 Å². The van der Waals surface area contributed by atoms with E-state index in [0.717, 1.165) is 18.4 Å². The van der Waals surface area contributed by atoms with Crippen molar-refractivity contribution >= 4 is 16.0 Å². The maximum atomic E-state index is 12.3. The second-order valence-corrected chi connectivity index (χ2v) is 7.73. The topological polar surface area (TPSA) is 72.5 Å². The summed E-state index contributed by atoms with van der Waals surface area (Å²) in [5, 5.41) is 0. The van der Waals surface area contributed by atoms with Gasteiger partial charge in [-0.3, -0.25) is 4.79 Å². The monoisotopic (exact) mass is 345 g/mol. The first kappa shape index (κ1) is 16.7. The van der Waals surface area contributed by atoms with E-state index in [0.29, 0.717) is 12.3 Å². The Morgan fingerprint density at radius 3 is 2.54 bits per heavy atom. The van der Waals surface area contributed by atoms with Gasteiger partial charge in [-0.05, 0) is 54.2 Å². The van der Waals surface area contributed by atoms with E-state index in [9.17, 15) is 13.2 Å². The molecule has 2 aromatic carbocycles. The van der Waals surface area contributed by atoms with E-state index in [1.807, 2.05) is 12.1 Å². The van der Waals surface area contributed by atoms with Gasteiger partial charge in [0.15, 0.2) is 0 Å². The van der Waals surface area contributed by atoms with Crippen LogP contribution in [0.5, 0.6) is 5.75 Å². The minimum atomic E-state index is -3.48. The number of ether oxygens (including phenoxy) is 1. The van der Waals surface area contributed by atoms with Gasteiger partial charge in [-0.1, -0.05) is 24.3 Å². The van der Waals surface area contributed by atoms with Gasteiger partial charge in [-0.25, -0.2) is 13.1 Å². The van der Waals surface area contributed by atoms with Crippen molar-refractivity contribution in [3.05, 3.63) is 59.7 Å². The Bertz CT molecular complexity index is 847. The van der Waals surface area contributed by atoms with Crippen molar-refractivity contribution in [3.8, 4) is 5.75 Å². The Morgan fingerprint density at radius 1 is 1.12 bits per heavy atom. The number of benzene rings is 2. The van der Waals surface area contributed by atoms with Crippen LogP contribution in [0.3, 0.4) is 0 Å². The van der Waals surface area contributed by atoms with Crippen LogP contribution in [-0.2, 0) is 27.7 Å². The molecule has 126 valence electrons. The average Bonchev–Trinajstić information content (AvgIpc) is 2.95. The van der Waals surface area contributed by atoms with Gasteiger partial charge in [-0.15, -0.1) is 0 Å². The maximum Gasteiger partial charge on any atom is 0.308 e. The van der Waals surface area contributed by atoms with E-state index in [2.05, 4.69) is 4.72 Å². The van der Waals surface area contributed by atoms with E-state index in [4.69, 9.17) is 4.74 Å². The smallest absolute Gasteiger partial charge is 0.308 e. The van der Waals surface area contributed by atoms with Gasteiger partial charge in [0.2, 0.25) is 10.0 Å². The second kappa shape index (κ2) is 6.75. The molecule has 2 aromatic rings. The first-order valence-electron chi connectivity index (χ1n) is 7.79. The minimum absolute atomic E-state index is 0.200. The number of sulfonamides is 1. The van der Waals surface area contributed by atoms with Gasteiger partial charge in [0.05, 0.1) is 4.90 Å². The Kier molecular flexibility index (Phi) is 4.69. The largest absolute Gasteiger partial charge is 0.427 e. The van der Waals surface area contributed by atoms with Crippen LogP contribution in [0.2, 0.25) is 0 Å². The Morgan fingerprint density at radius 2 is 1.83 bits per heavy atom. The van der Waals surface area contributed by atoms with Gasteiger partial charge < -0.3 is 4.74 Å². The zero-order valence-corrected chi connectivity index (χ0v) is 14.2. The molecule has 0 spiro atoms. The van der Waals surface area contributed by atoms with Crippen molar-refractivity contribution < 1.29 is 17.9 Å². The lowest BCUT2D eigenvalue weighted by atomic mass is 10.1. The molecule has 0 fully saturated rings. The molecule has 0 saturated heterocycles. The number of hydrogen-bond donors (Lipinski definition) is 1. The first-order chi connectivity index (χ1) is 11.4. The average molecular weight is 345 g/mol. The van der Waals surface area contributed by atoms with Crippen molar-refractivity contribution in [2.45, 2.75) is 24.7 Å². The quantitative estimate of drug-likeness (QED) is 0.667. The molecule has 0 heterocycles. The first-order valence-corrected chi connectivity index (χ1v) is 9.27. The SMILES string of the molecule is CC(=O)Oc1ccc2c(c1)CC(CNS(=O)(=O)c1ccccc1)C2. The molecule has 5 nitrogen and oxygen atoms in total. The maximum absolute atomic E-state index is 12.3. The molecular formula is C18H19NO4S. The summed E-state index contributed by atoms with van der Waals surface area (Å²) >= 11 is 0. The van der Waals surface area contributed by atoms with Crippen LogP contribution < -0.4 is 9.46 Å². The summed E-state index contributed by atoms with van der Waals surface area (Å²) < 4.78 is 32.3. The summed E-state index contributed by atoms with van der Waals surface area (Å²) in [5.41, 5.74) is 2.28. The normalized spacial score (nSPS) is 16.6. The molecule has 0 aromatic heterocycles. The lowest BCUT2D eigenvalue weighted by Gasteiger charge is -2.11. The lowest BCUT2D eigenvalue weighted by molar-refractivity contribution is -0.131. The number of esters is 1. The third-order valence-electron chi connectivity index (χ3n) is 4.07. The molecule has 1 atom stereocenters. The Balaban J connectivity index is 1.63. The number of hydrogen-bond acceptors (Lipinski definition) is 4. The fraction of sp³-hybridized carbons (Fsp3) is 0.278. The molecule has 0 aliphatic heterocycles. The predicted octanol–water partition coefficient (Wildman–Crippen LogP) is 2.31. The van der Waals surface area contributed by atoms with Crippen LogP contribution in [0.25, 0.3) is 0 Å². The highest BCUT2D eigenvalue weighted by Crippen LogP contribution is 2.30. The highest BCUT2D eigenvalue weighted by atomic mass is 32.2.